The molecule has 0 aliphatic rings. The van der Waals surface area contributed by atoms with E-state index in [2.05, 4.69) is 27.6 Å². The number of benzene rings is 3. The van der Waals surface area contributed by atoms with Crippen molar-refractivity contribution in [1.82, 2.24) is 14.8 Å². The van der Waals surface area contributed by atoms with E-state index in [1.165, 1.54) is 17.1 Å². The highest BCUT2D eigenvalue weighted by Crippen LogP contribution is 2.24. The highest BCUT2D eigenvalue weighted by molar-refractivity contribution is 8.00. The number of anilines is 1. The lowest BCUT2D eigenvalue weighted by Crippen LogP contribution is -2.22. The predicted molar refractivity (Wildman–Crippen MR) is 124 cm³/mol. The summed E-state index contributed by atoms with van der Waals surface area (Å²) in [5.74, 6) is 1.40. The molecule has 1 aromatic heterocycles. The van der Waals surface area contributed by atoms with Crippen molar-refractivity contribution in [2.75, 3.05) is 5.32 Å². The van der Waals surface area contributed by atoms with Crippen LogP contribution in [0.4, 0.5) is 5.69 Å². The quantitative estimate of drug-likeness (QED) is 0.417. The Morgan fingerprint density at radius 2 is 1.81 bits per heavy atom. The fraction of sp³-hybridized carbons (Fsp3) is 0.208. The van der Waals surface area contributed by atoms with Gasteiger partial charge < -0.3 is 14.6 Å². The number of ether oxygens (including phenoxy) is 1. The summed E-state index contributed by atoms with van der Waals surface area (Å²) in [6, 6.07) is 21.9. The molecule has 0 fully saturated rings. The zero-order valence-corrected chi connectivity index (χ0v) is 18.5. The summed E-state index contributed by atoms with van der Waals surface area (Å²) in [6.45, 7) is 4.17. The van der Waals surface area contributed by atoms with E-state index in [4.69, 9.17) is 4.74 Å². The van der Waals surface area contributed by atoms with E-state index >= 15 is 0 Å². The van der Waals surface area contributed by atoms with Crippen molar-refractivity contribution >= 4 is 34.1 Å². The van der Waals surface area contributed by atoms with Gasteiger partial charge in [0.1, 0.15) is 12.4 Å². The van der Waals surface area contributed by atoms with E-state index in [-0.39, 0.29) is 11.2 Å². The van der Waals surface area contributed by atoms with Gasteiger partial charge in [0.25, 0.3) is 0 Å². The highest BCUT2D eigenvalue weighted by Gasteiger charge is 2.19. The third-order valence-corrected chi connectivity index (χ3v) is 6.12. The lowest BCUT2D eigenvalue weighted by Gasteiger charge is -2.12. The molecule has 0 radical (unpaired) electrons. The second kappa shape index (κ2) is 9.22. The molecule has 0 saturated heterocycles. The van der Waals surface area contributed by atoms with Crippen molar-refractivity contribution in [3.63, 3.8) is 0 Å². The lowest BCUT2D eigenvalue weighted by atomic mass is 10.1. The Hall–Kier alpha value is -3.32. The number of hydrogen-bond donors (Lipinski definition) is 1. The molecule has 4 rings (SSSR count). The number of rotatable bonds is 7. The number of carbonyl (C=O) groups excluding carboxylic acids is 1. The number of nitrogens with zero attached hydrogens (tertiary/aromatic N) is 3. The second-order valence-electron chi connectivity index (χ2n) is 7.37. The van der Waals surface area contributed by atoms with Crippen LogP contribution >= 0.6 is 11.8 Å². The zero-order chi connectivity index (χ0) is 21.8. The first-order valence-corrected chi connectivity index (χ1v) is 10.9. The van der Waals surface area contributed by atoms with Gasteiger partial charge in [-0.05, 0) is 48.9 Å². The average molecular weight is 433 g/mol. The Morgan fingerprint density at radius 3 is 2.58 bits per heavy atom. The van der Waals surface area contributed by atoms with Crippen LogP contribution in [0.5, 0.6) is 5.75 Å². The predicted octanol–water partition coefficient (Wildman–Crippen LogP) is 4.98. The molecule has 1 amide bonds. The third-order valence-electron chi connectivity index (χ3n) is 4.98. The van der Waals surface area contributed by atoms with Crippen molar-refractivity contribution < 1.29 is 9.53 Å². The maximum Gasteiger partial charge on any atom is 0.237 e. The molecule has 0 saturated carbocycles. The van der Waals surface area contributed by atoms with E-state index in [0.717, 1.165) is 22.4 Å². The maximum atomic E-state index is 12.5. The summed E-state index contributed by atoms with van der Waals surface area (Å²) in [7, 11) is 1.88. The second-order valence-corrected chi connectivity index (χ2v) is 8.68. The standard InChI is InChI=1S/C24H24N4O2S/c1-16-8-11-20(12-9-16)25-23(29)17(2)31-24-27-26-22(28(24)3)15-30-21-13-10-18-6-4-5-7-19(18)14-21/h4-14,17H,15H2,1-3H3,(H,25,29). The molecule has 158 valence electrons. The number of nitrogens with one attached hydrogen (secondary N) is 1. The van der Waals surface area contributed by atoms with E-state index in [1.54, 1.807) is 0 Å². The normalized spacial score (nSPS) is 12.0. The molecule has 7 heteroatoms. The molecule has 0 aliphatic carbocycles. The number of carbonyl (C=O) groups is 1. The molecule has 4 aromatic rings. The van der Waals surface area contributed by atoms with Crippen LogP contribution in [0.1, 0.15) is 18.3 Å². The Morgan fingerprint density at radius 1 is 1.06 bits per heavy atom. The topological polar surface area (TPSA) is 69.0 Å². The smallest absolute Gasteiger partial charge is 0.237 e. The summed E-state index contributed by atoms with van der Waals surface area (Å²) in [4.78, 5) is 12.5. The number of thioether (sulfide) groups is 1. The SMILES string of the molecule is Cc1ccc(NC(=O)C(C)Sc2nnc(COc3ccc4ccccc4c3)n2C)cc1. The first-order valence-electron chi connectivity index (χ1n) is 10.0. The van der Waals surface area contributed by atoms with Gasteiger partial charge in [-0.25, -0.2) is 0 Å². The molecular weight excluding hydrogens is 408 g/mol. The molecule has 6 nitrogen and oxygen atoms in total. The molecule has 1 N–H and O–H groups in total. The van der Waals surface area contributed by atoms with Gasteiger partial charge in [0.05, 0.1) is 5.25 Å². The van der Waals surface area contributed by atoms with Gasteiger partial charge in [-0.15, -0.1) is 10.2 Å². The van der Waals surface area contributed by atoms with Gasteiger partial charge >= 0.3 is 0 Å². The van der Waals surface area contributed by atoms with Crippen LogP contribution in [0.3, 0.4) is 0 Å². The largest absolute Gasteiger partial charge is 0.486 e. The Labute approximate surface area is 185 Å². The van der Waals surface area contributed by atoms with Gasteiger partial charge in [0.15, 0.2) is 11.0 Å². The average Bonchev–Trinajstić information content (AvgIpc) is 3.12. The molecule has 0 bridgehead atoms. The van der Waals surface area contributed by atoms with Crippen molar-refractivity contribution in [2.45, 2.75) is 30.9 Å². The maximum absolute atomic E-state index is 12.5. The third kappa shape index (κ3) is 5.06. The minimum absolute atomic E-state index is 0.0779. The Kier molecular flexibility index (Phi) is 6.23. The van der Waals surface area contributed by atoms with Crippen LogP contribution in [0.2, 0.25) is 0 Å². The van der Waals surface area contributed by atoms with Crippen LogP contribution in [0.25, 0.3) is 10.8 Å². The highest BCUT2D eigenvalue weighted by atomic mass is 32.2. The molecule has 3 aromatic carbocycles. The van der Waals surface area contributed by atoms with E-state index < -0.39 is 0 Å². The van der Waals surface area contributed by atoms with E-state index in [9.17, 15) is 4.79 Å². The summed E-state index contributed by atoms with van der Waals surface area (Å²) >= 11 is 1.37. The Bertz CT molecular complexity index is 1200. The number of hydrogen-bond acceptors (Lipinski definition) is 5. The van der Waals surface area contributed by atoms with Gasteiger partial charge in [0, 0.05) is 12.7 Å². The summed E-state index contributed by atoms with van der Waals surface area (Å²) in [5, 5.41) is 14.1. The monoisotopic (exact) mass is 432 g/mol. The van der Waals surface area contributed by atoms with E-state index in [0.29, 0.717) is 17.6 Å². The van der Waals surface area contributed by atoms with Gasteiger partial charge in [-0.1, -0.05) is 59.8 Å². The number of aryl methyl sites for hydroxylation is 1. The van der Waals surface area contributed by atoms with Crippen molar-refractivity contribution in [3.05, 3.63) is 78.1 Å². The first-order chi connectivity index (χ1) is 15.0. The minimum atomic E-state index is -0.321. The van der Waals surface area contributed by atoms with Crippen LogP contribution in [-0.2, 0) is 18.4 Å². The lowest BCUT2D eigenvalue weighted by molar-refractivity contribution is -0.115. The van der Waals surface area contributed by atoms with Crippen molar-refractivity contribution in [1.29, 1.82) is 0 Å². The number of aromatic nitrogens is 3. The molecule has 1 heterocycles. The summed E-state index contributed by atoms with van der Waals surface area (Å²) in [5.41, 5.74) is 1.93. The number of amides is 1. The van der Waals surface area contributed by atoms with Crippen molar-refractivity contribution in [3.8, 4) is 5.75 Å². The molecule has 0 aliphatic heterocycles. The molecular formula is C24H24N4O2S. The summed E-state index contributed by atoms with van der Waals surface area (Å²) in [6.07, 6.45) is 0. The zero-order valence-electron chi connectivity index (χ0n) is 17.7. The molecule has 1 atom stereocenters. The molecule has 31 heavy (non-hydrogen) atoms. The van der Waals surface area contributed by atoms with Crippen LogP contribution < -0.4 is 10.1 Å². The van der Waals surface area contributed by atoms with Gasteiger partial charge in [0.2, 0.25) is 5.91 Å². The fourth-order valence-electron chi connectivity index (χ4n) is 3.07. The molecule has 1 unspecified atom stereocenters. The Balaban J connectivity index is 1.36. The van der Waals surface area contributed by atoms with Crippen LogP contribution in [0, 0.1) is 6.92 Å². The van der Waals surface area contributed by atoms with Crippen molar-refractivity contribution in [2.24, 2.45) is 7.05 Å². The van der Waals surface area contributed by atoms with E-state index in [1.807, 2.05) is 80.1 Å². The fourth-order valence-corrected chi connectivity index (χ4v) is 3.90. The van der Waals surface area contributed by atoms with Gasteiger partial charge in [-0.2, -0.15) is 0 Å². The van der Waals surface area contributed by atoms with Crippen LogP contribution in [-0.4, -0.2) is 25.9 Å². The molecule has 0 spiro atoms. The first kappa shape index (κ1) is 20.9. The minimum Gasteiger partial charge on any atom is -0.486 e. The van der Waals surface area contributed by atoms with Gasteiger partial charge in [-0.3, -0.25) is 4.79 Å². The summed E-state index contributed by atoms with van der Waals surface area (Å²) < 4.78 is 7.79. The van der Waals surface area contributed by atoms with Crippen LogP contribution in [0.15, 0.2) is 71.9 Å². The number of fused-ring (bicyclic) bond motifs is 1.